The first-order chi connectivity index (χ1) is 13.8. The van der Waals surface area contributed by atoms with Crippen LogP contribution in [0.4, 0.5) is 10.5 Å². The Bertz CT molecular complexity index is 967. The summed E-state index contributed by atoms with van der Waals surface area (Å²) < 4.78 is 5.76. The first-order valence-corrected chi connectivity index (χ1v) is 10.0. The van der Waals surface area contributed by atoms with E-state index >= 15 is 0 Å². The monoisotopic (exact) mass is 410 g/mol. The number of amides is 3. The summed E-state index contributed by atoms with van der Waals surface area (Å²) in [5.74, 6) is -0.286. The van der Waals surface area contributed by atoms with Gasteiger partial charge in [-0.25, -0.2) is 0 Å². The van der Waals surface area contributed by atoms with Crippen LogP contribution in [0.3, 0.4) is 0 Å². The van der Waals surface area contributed by atoms with E-state index in [2.05, 4.69) is 5.32 Å². The van der Waals surface area contributed by atoms with Crippen molar-refractivity contribution in [3.8, 4) is 5.75 Å². The summed E-state index contributed by atoms with van der Waals surface area (Å²) in [6, 6.07) is 14.6. The fraction of sp³-hybridized carbons (Fsp3) is 0.227. The number of nitrogens with one attached hydrogen (secondary N) is 1. The van der Waals surface area contributed by atoms with Crippen LogP contribution in [0.5, 0.6) is 5.75 Å². The lowest BCUT2D eigenvalue weighted by molar-refractivity contribution is -0.127. The molecule has 1 saturated heterocycles. The Labute approximate surface area is 173 Å². The Hall–Kier alpha value is -3.06. The van der Waals surface area contributed by atoms with Crippen molar-refractivity contribution in [3.05, 3.63) is 64.6 Å². The predicted octanol–water partition coefficient (Wildman–Crippen LogP) is 4.46. The molecular formula is C22H22N2O4S. The van der Waals surface area contributed by atoms with Crippen molar-refractivity contribution in [2.24, 2.45) is 0 Å². The van der Waals surface area contributed by atoms with Gasteiger partial charge in [0.1, 0.15) is 12.3 Å². The molecule has 3 amide bonds. The van der Waals surface area contributed by atoms with E-state index in [0.717, 1.165) is 22.2 Å². The van der Waals surface area contributed by atoms with Gasteiger partial charge in [-0.15, -0.1) is 0 Å². The quantitative estimate of drug-likeness (QED) is 0.712. The third-order valence-electron chi connectivity index (χ3n) is 4.08. The van der Waals surface area contributed by atoms with Crippen LogP contribution in [0.15, 0.2) is 53.4 Å². The highest BCUT2D eigenvalue weighted by Gasteiger charge is 2.36. The first-order valence-electron chi connectivity index (χ1n) is 9.21. The number of para-hydroxylation sites is 1. The van der Waals surface area contributed by atoms with E-state index in [4.69, 9.17) is 4.74 Å². The molecule has 2 aromatic rings. The average molecular weight is 410 g/mol. The molecule has 29 heavy (non-hydrogen) atoms. The van der Waals surface area contributed by atoms with Crippen LogP contribution >= 0.6 is 11.8 Å². The summed E-state index contributed by atoms with van der Waals surface area (Å²) in [6.07, 6.45) is 1.60. The van der Waals surface area contributed by atoms with Gasteiger partial charge in [0.15, 0.2) is 0 Å². The number of carbonyl (C=O) groups is 3. The van der Waals surface area contributed by atoms with Crippen molar-refractivity contribution in [1.82, 2.24) is 4.90 Å². The Morgan fingerprint density at radius 1 is 1.14 bits per heavy atom. The minimum atomic E-state index is -0.488. The number of aryl methyl sites for hydroxylation is 1. The fourth-order valence-corrected chi connectivity index (χ4v) is 3.55. The number of hydrogen-bond donors (Lipinski definition) is 1. The van der Waals surface area contributed by atoms with E-state index in [-0.39, 0.29) is 17.6 Å². The molecule has 150 valence electrons. The van der Waals surface area contributed by atoms with E-state index in [1.165, 1.54) is 0 Å². The number of imide groups is 1. The van der Waals surface area contributed by atoms with Gasteiger partial charge in [-0.3, -0.25) is 19.3 Å². The molecule has 0 aromatic heterocycles. The number of nitrogens with zero attached hydrogens (tertiary/aromatic N) is 1. The lowest BCUT2D eigenvalue weighted by Gasteiger charge is -2.13. The topological polar surface area (TPSA) is 75.7 Å². The molecule has 0 saturated carbocycles. The molecule has 2 aromatic carbocycles. The highest BCUT2D eigenvalue weighted by molar-refractivity contribution is 8.18. The van der Waals surface area contributed by atoms with Gasteiger partial charge in [0.2, 0.25) is 5.91 Å². The molecule has 1 aliphatic heterocycles. The van der Waals surface area contributed by atoms with Crippen molar-refractivity contribution >= 4 is 40.6 Å². The van der Waals surface area contributed by atoms with Gasteiger partial charge in [0.25, 0.3) is 11.1 Å². The van der Waals surface area contributed by atoms with Crippen molar-refractivity contribution in [1.29, 1.82) is 0 Å². The first kappa shape index (κ1) is 20.7. The molecule has 1 N–H and O–H groups in total. The second-order valence-corrected chi connectivity index (χ2v) is 7.88. The number of thioether (sulfide) groups is 1. The van der Waals surface area contributed by atoms with Crippen molar-refractivity contribution < 1.29 is 19.1 Å². The predicted molar refractivity (Wildman–Crippen MR) is 115 cm³/mol. The standard InChI is InChI=1S/C22H22N2O4S/c1-14(2)28-18-7-5-4-6-16(18)12-19-21(26)24(22(27)29-19)13-20(25)23-17-10-8-15(3)9-11-17/h4-12,14H,13H2,1-3H3,(H,23,25)/b19-12-. The number of hydrogen-bond acceptors (Lipinski definition) is 5. The molecule has 1 heterocycles. The van der Waals surface area contributed by atoms with Crippen LogP contribution in [0.25, 0.3) is 6.08 Å². The van der Waals surface area contributed by atoms with E-state index in [0.29, 0.717) is 17.0 Å². The normalized spacial score (nSPS) is 15.3. The second kappa shape index (κ2) is 8.96. The highest BCUT2D eigenvalue weighted by Crippen LogP contribution is 2.34. The van der Waals surface area contributed by atoms with E-state index in [9.17, 15) is 14.4 Å². The SMILES string of the molecule is Cc1ccc(NC(=O)CN2C(=O)S/C(=C\c3ccccc3OC(C)C)C2=O)cc1. The van der Waals surface area contributed by atoms with Gasteiger partial charge in [-0.1, -0.05) is 35.9 Å². The molecule has 0 radical (unpaired) electrons. The van der Waals surface area contributed by atoms with Gasteiger partial charge < -0.3 is 10.1 Å². The number of anilines is 1. The van der Waals surface area contributed by atoms with Crippen LogP contribution in [0, 0.1) is 6.92 Å². The van der Waals surface area contributed by atoms with Gasteiger partial charge in [-0.05, 0) is 56.8 Å². The van der Waals surface area contributed by atoms with Gasteiger partial charge >= 0.3 is 0 Å². The molecule has 0 unspecified atom stereocenters. The average Bonchev–Trinajstić information content (AvgIpc) is 2.92. The highest BCUT2D eigenvalue weighted by atomic mass is 32.2. The van der Waals surface area contributed by atoms with E-state index in [1.807, 2.05) is 57.2 Å². The van der Waals surface area contributed by atoms with Crippen LogP contribution in [-0.2, 0) is 9.59 Å². The summed E-state index contributed by atoms with van der Waals surface area (Å²) in [7, 11) is 0. The maximum absolute atomic E-state index is 12.7. The minimum absolute atomic E-state index is 0.0231. The Balaban J connectivity index is 1.72. The number of benzene rings is 2. The summed E-state index contributed by atoms with van der Waals surface area (Å²) in [5.41, 5.74) is 2.39. The van der Waals surface area contributed by atoms with Crippen LogP contribution in [0.2, 0.25) is 0 Å². The Morgan fingerprint density at radius 3 is 2.52 bits per heavy atom. The third-order valence-corrected chi connectivity index (χ3v) is 4.99. The molecule has 0 atom stereocenters. The molecule has 6 nitrogen and oxygen atoms in total. The van der Waals surface area contributed by atoms with Crippen LogP contribution in [-0.4, -0.2) is 34.6 Å². The fourth-order valence-electron chi connectivity index (χ4n) is 2.72. The molecule has 1 aliphatic rings. The lowest BCUT2D eigenvalue weighted by atomic mass is 10.2. The molecule has 3 rings (SSSR count). The van der Waals surface area contributed by atoms with Crippen LogP contribution < -0.4 is 10.1 Å². The van der Waals surface area contributed by atoms with Crippen molar-refractivity contribution in [3.63, 3.8) is 0 Å². The molecule has 0 bridgehead atoms. The lowest BCUT2D eigenvalue weighted by Crippen LogP contribution is -2.36. The van der Waals surface area contributed by atoms with E-state index < -0.39 is 17.1 Å². The molecule has 0 spiro atoms. The number of carbonyl (C=O) groups excluding carboxylic acids is 3. The summed E-state index contributed by atoms with van der Waals surface area (Å²) in [6.45, 7) is 5.44. The van der Waals surface area contributed by atoms with E-state index in [1.54, 1.807) is 18.2 Å². The Kier molecular flexibility index (Phi) is 6.39. The summed E-state index contributed by atoms with van der Waals surface area (Å²) >= 11 is 0.817. The molecule has 1 fully saturated rings. The Morgan fingerprint density at radius 2 is 1.83 bits per heavy atom. The van der Waals surface area contributed by atoms with Crippen LogP contribution in [0.1, 0.15) is 25.0 Å². The molecular weight excluding hydrogens is 388 g/mol. The zero-order chi connectivity index (χ0) is 21.0. The number of ether oxygens (including phenoxy) is 1. The van der Waals surface area contributed by atoms with Crippen molar-refractivity contribution in [2.75, 3.05) is 11.9 Å². The zero-order valence-electron chi connectivity index (χ0n) is 16.5. The summed E-state index contributed by atoms with van der Waals surface area (Å²) in [5, 5.41) is 2.23. The molecule has 0 aliphatic carbocycles. The number of rotatable bonds is 6. The molecule has 7 heteroatoms. The third kappa shape index (κ3) is 5.26. The van der Waals surface area contributed by atoms with Gasteiger partial charge in [0, 0.05) is 11.3 Å². The maximum atomic E-state index is 12.7. The van der Waals surface area contributed by atoms with Gasteiger partial charge in [-0.2, -0.15) is 0 Å². The zero-order valence-corrected chi connectivity index (χ0v) is 17.3. The maximum Gasteiger partial charge on any atom is 0.294 e. The van der Waals surface area contributed by atoms with Crippen molar-refractivity contribution in [2.45, 2.75) is 26.9 Å². The largest absolute Gasteiger partial charge is 0.490 e. The van der Waals surface area contributed by atoms with Gasteiger partial charge in [0.05, 0.1) is 11.0 Å². The smallest absolute Gasteiger partial charge is 0.294 e. The summed E-state index contributed by atoms with van der Waals surface area (Å²) in [4.78, 5) is 38.5. The minimum Gasteiger partial charge on any atom is -0.490 e. The second-order valence-electron chi connectivity index (χ2n) is 6.89.